The summed E-state index contributed by atoms with van der Waals surface area (Å²) in [5, 5.41) is 8.77. The highest BCUT2D eigenvalue weighted by molar-refractivity contribution is 5.91. The average molecular weight is 207 g/mol. The zero-order chi connectivity index (χ0) is 11.3. The Bertz CT molecular complexity index is 432. The summed E-state index contributed by atoms with van der Waals surface area (Å²) in [6, 6.07) is 3.99. The summed E-state index contributed by atoms with van der Waals surface area (Å²) >= 11 is 0. The summed E-state index contributed by atoms with van der Waals surface area (Å²) in [6.07, 6.45) is 0.454. The first kappa shape index (κ1) is 11.2. The smallest absolute Gasteiger partial charge is 0.339 e. The molecule has 0 aliphatic rings. The fourth-order valence-electron chi connectivity index (χ4n) is 1.08. The predicted octanol–water partition coefficient (Wildman–Crippen LogP) is 1.22. The van der Waals surface area contributed by atoms with Gasteiger partial charge >= 0.3 is 5.97 Å². The third-order valence-electron chi connectivity index (χ3n) is 1.72. The van der Waals surface area contributed by atoms with E-state index in [0.29, 0.717) is 13.0 Å². The minimum absolute atomic E-state index is 0.177. The molecule has 0 saturated heterocycles. The van der Waals surface area contributed by atoms with Gasteiger partial charge in [-0.1, -0.05) is 17.9 Å². The monoisotopic (exact) mass is 207 g/mol. The van der Waals surface area contributed by atoms with Crippen LogP contribution in [0.15, 0.2) is 18.2 Å². The number of benzene rings is 1. The molecule has 0 bridgehead atoms. The van der Waals surface area contributed by atoms with Crippen molar-refractivity contribution < 1.29 is 14.3 Å². The van der Waals surface area contributed by atoms with Gasteiger partial charge in [-0.15, -0.1) is 0 Å². The van der Waals surface area contributed by atoms with Crippen molar-refractivity contribution in [3.63, 3.8) is 0 Å². The Morgan fingerprint density at radius 3 is 2.87 bits per heavy atom. The second kappa shape index (κ2) is 5.13. The lowest BCUT2D eigenvalue weighted by Gasteiger charge is -1.99. The van der Waals surface area contributed by atoms with Crippen LogP contribution in [0.2, 0.25) is 0 Å². The van der Waals surface area contributed by atoms with Crippen LogP contribution in [0.25, 0.3) is 0 Å². The molecule has 0 unspecified atom stereocenters. The van der Waals surface area contributed by atoms with E-state index in [1.54, 1.807) is 0 Å². The van der Waals surface area contributed by atoms with Crippen molar-refractivity contribution in [2.45, 2.75) is 6.42 Å². The number of hydrogen-bond donors (Lipinski definition) is 2. The first-order chi connectivity index (χ1) is 7.16. The van der Waals surface area contributed by atoms with Crippen molar-refractivity contribution in [1.29, 1.82) is 0 Å². The molecular formula is C11H10FNO2. The van der Waals surface area contributed by atoms with Gasteiger partial charge in [0.2, 0.25) is 0 Å². The van der Waals surface area contributed by atoms with E-state index in [2.05, 4.69) is 11.8 Å². The Morgan fingerprint density at radius 2 is 2.27 bits per heavy atom. The van der Waals surface area contributed by atoms with Gasteiger partial charge in [-0.3, -0.25) is 0 Å². The van der Waals surface area contributed by atoms with Crippen molar-refractivity contribution >= 4 is 5.97 Å². The summed E-state index contributed by atoms with van der Waals surface area (Å²) in [5.74, 6) is 3.16. The fraction of sp³-hybridized carbons (Fsp3) is 0.182. The summed E-state index contributed by atoms with van der Waals surface area (Å²) in [5.41, 5.74) is 5.02. The number of carboxylic acids is 1. The van der Waals surface area contributed by atoms with E-state index < -0.39 is 11.8 Å². The molecule has 78 valence electrons. The van der Waals surface area contributed by atoms with Crippen LogP contribution < -0.4 is 5.73 Å². The van der Waals surface area contributed by atoms with Crippen molar-refractivity contribution in [1.82, 2.24) is 0 Å². The Kier molecular flexibility index (Phi) is 3.83. The number of halogens is 1. The Hall–Kier alpha value is -1.86. The lowest BCUT2D eigenvalue weighted by Crippen LogP contribution is -2.03. The van der Waals surface area contributed by atoms with Crippen LogP contribution in [0.1, 0.15) is 22.3 Å². The molecule has 1 aromatic rings. The number of aromatic carboxylic acids is 1. The van der Waals surface area contributed by atoms with Gasteiger partial charge in [0, 0.05) is 18.5 Å². The van der Waals surface area contributed by atoms with Crippen LogP contribution in [0.5, 0.6) is 0 Å². The molecule has 1 rings (SSSR count). The van der Waals surface area contributed by atoms with Crippen molar-refractivity contribution in [2.24, 2.45) is 5.73 Å². The summed E-state index contributed by atoms with van der Waals surface area (Å²) in [4.78, 5) is 10.7. The van der Waals surface area contributed by atoms with Gasteiger partial charge in [-0.05, 0) is 12.1 Å². The van der Waals surface area contributed by atoms with E-state index >= 15 is 0 Å². The molecule has 0 amide bonds. The normalized spacial score (nSPS) is 9.20. The highest BCUT2D eigenvalue weighted by Crippen LogP contribution is 2.12. The van der Waals surface area contributed by atoms with E-state index in [1.165, 1.54) is 12.1 Å². The van der Waals surface area contributed by atoms with Crippen LogP contribution in [-0.2, 0) is 0 Å². The second-order valence-electron chi connectivity index (χ2n) is 2.81. The third kappa shape index (κ3) is 2.79. The number of rotatable bonds is 2. The summed E-state index contributed by atoms with van der Waals surface area (Å²) in [6.45, 7) is 0.394. The van der Waals surface area contributed by atoms with Crippen molar-refractivity contribution in [3.05, 3.63) is 35.1 Å². The molecule has 0 fully saturated rings. The molecule has 0 radical (unpaired) electrons. The van der Waals surface area contributed by atoms with Gasteiger partial charge in [0.05, 0.1) is 0 Å². The topological polar surface area (TPSA) is 63.3 Å². The molecular weight excluding hydrogens is 197 g/mol. The van der Waals surface area contributed by atoms with E-state index in [0.717, 1.165) is 6.07 Å². The van der Waals surface area contributed by atoms with E-state index in [-0.39, 0.29) is 11.1 Å². The molecule has 3 nitrogen and oxygen atoms in total. The molecule has 0 saturated carbocycles. The maximum atomic E-state index is 13.1. The van der Waals surface area contributed by atoms with Gasteiger partial charge in [0.1, 0.15) is 11.4 Å². The molecule has 0 atom stereocenters. The molecule has 0 aromatic heterocycles. The van der Waals surface area contributed by atoms with Crippen LogP contribution in [-0.4, -0.2) is 17.6 Å². The minimum Gasteiger partial charge on any atom is -0.478 e. The van der Waals surface area contributed by atoms with Crippen molar-refractivity contribution in [3.8, 4) is 11.8 Å². The molecule has 0 aliphatic carbocycles. The Morgan fingerprint density at radius 1 is 1.53 bits per heavy atom. The van der Waals surface area contributed by atoms with Crippen LogP contribution in [0.4, 0.5) is 4.39 Å². The second-order valence-corrected chi connectivity index (χ2v) is 2.81. The van der Waals surface area contributed by atoms with Crippen molar-refractivity contribution in [2.75, 3.05) is 6.54 Å². The highest BCUT2D eigenvalue weighted by atomic mass is 19.1. The summed E-state index contributed by atoms with van der Waals surface area (Å²) in [7, 11) is 0. The van der Waals surface area contributed by atoms with Gasteiger partial charge < -0.3 is 10.8 Å². The van der Waals surface area contributed by atoms with Crippen LogP contribution in [0.3, 0.4) is 0 Å². The number of carboxylic acid groups (broad SMARTS) is 1. The lowest BCUT2D eigenvalue weighted by molar-refractivity contribution is 0.0691. The first-order valence-electron chi connectivity index (χ1n) is 4.37. The Balaban J connectivity index is 3.13. The quantitative estimate of drug-likeness (QED) is 0.717. The van der Waals surface area contributed by atoms with Gasteiger partial charge in [0.25, 0.3) is 0 Å². The van der Waals surface area contributed by atoms with E-state index in [9.17, 15) is 9.18 Å². The molecule has 0 spiro atoms. The SMILES string of the molecule is NCCC#Cc1cccc(F)c1C(=O)O. The summed E-state index contributed by atoms with van der Waals surface area (Å²) < 4.78 is 13.1. The van der Waals surface area contributed by atoms with Gasteiger partial charge in [0.15, 0.2) is 0 Å². The average Bonchev–Trinajstić information content (AvgIpc) is 2.17. The van der Waals surface area contributed by atoms with E-state index in [4.69, 9.17) is 10.8 Å². The largest absolute Gasteiger partial charge is 0.478 e. The van der Waals surface area contributed by atoms with Crippen LogP contribution in [0, 0.1) is 17.7 Å². The number of nitrogens with two attached hydrogens (primary N) is 1. The number of hydrogen-bond acceptors (Lipinski definition) is 2. The molecule has 15 heavy (non-hydrogen) atoms. The minimum atomic E-state index is -1.31. The first-order valence-corrected chi connectivity index (χ1v) is 4.37. The molecule has 4 heteroatoms. The maximum absolute atomic E-state index is 13.1. The van der Waals surface area contributed by atoms with E-state index in [1.807, 2.05) is 0 Å². The van der Waals surface area contributed by atoms with Gasteiger partial charge in [-0.2, -0.15) is 0 Å². The fourth-order valence-corrected chi connectivity index (χ4v) is 1.08. The number of carbonyl (C=O) groups is 1. The molecule has 1 aromatic carbocycles. The Labute approximate surface area is 86.7 Å². The molecule has 0 heterocycles. The highest BCUT2D eigenvalue weighted by Gasteiger charge is 2.13. The lowest BCUT2D eigenvalue weighted by atomic mass is 10.1. The molecule has 3 N–H and O–H groups in total. The predicted molar refractivity (Wildman–Crippen MR) is 53.9 cm³/mol. The van der Waals surface area contributed by atoms with Crippen LogP contribution >= 0.6 is 0 Å². The standard InChI is InChI=1S/C11H10FNO2/c12-9-6-3-5-8(4-1-2-7-13)10(9)11(14)15/h3,5-6H,2,7,13H2,(H,14,15). The molecule has 0 aliphatic heterocycles. The zero-order valence-corrected chi connectivity index (χ0v) is 7.96. The maximum Gasteiger partial charge on any atom is 0.339 e. The van der Waals surface area contributed by atoms with Gasteiger partial charge in [-0.25, -0.2) is 9.18 Å². The zero-order valence-electron chi connectivity index (χ0n) is 7.96. The third-order valence-corrected chi connectivity index (χ3v) is 1.72.